The fraction of sp³-hybridized carbons (Fsp3) is 0.0370. The maximum atomic E-state index is 10.7. The van der Waals surface area contributed by atoms with E-state index >= 15 is 0 Å². The minimum Gasteiger partial charge on any atom is -0.507 e. The van der Waals surface area contributed by atoms with Crippen molar-refractivity contribution in [2.24, 2.45) is 9.98 Å². The number of aliphatic imine (C=N–C) groups is 2. The molecular formula is C27H22N2O2. The summed E-state index contributed by atoms with van der Waals surface area (Å²) in [5, 5.41) is 21.5. The second-order valence-corrected chi connectivity index (χ2v) is 7.07. The maximum absolute atomic E-state index is 10.7. The molecule has 0 bridgehead atoms. The van der Waals surface area contributed by atoms with Gasteiger partial charge in [-0.1, -0.05) is 60.7 Å². The lowest BCUT2D eigenvalue weighted by Crippen LogP contribution is -1.95. The number of hydrogen-bond acceptors (Lipinski definition) is 4. The van der Waals surface area contributed by atoms with E-state index in [1.807, 2.05) is 97.1 Å². The van der Waals surface area contributed by atoms with Gasteiger partial charge >= 0.3 is 0 Å². The molecule has 2 N–H and O–H groups in total. The summed E-state index contributed by atoms with van der Waals surface area (Å²) in [6.45, 7) is 0. The van der Waals surface area contributed by atoms with E-state index < -0.39 is 0 Å². The number of nitrogens with zero attached hydrogens (tertiary/aromatic N) is 2. The van der Waals surface area contributed by atoms with Gasteiger partial charge in [-0.15, -0.1) is 0 Å². The SMILES string of the molecule is Oc1c(C=Nc2ccccc2)cccc1Cc1cccc(C=Nc2ccccc2)c1O. The molecule has 0 spiro atoms. The van der Waals surface area contributed by atoms with E-state index in [0.29, 0.717) is 28.7 Å². The first-order chi connectivity index (χ1) is 15.2. The van der Waals surface area contributed by atoms with Crippen LogP contribution in [0.15, 0.2) is 107 Å². The highest BCUT2D eigenvalue weighted by atomic mass is 16.3. The van der Waals surface area contributed by atoms with Crippen molar-refractivity contribution in [1.29, 1.82) is 0 Å². The molecule has 0 atom stereocenters. The first-order valence-electron chi connectivity index (χ1n) is 10.0. The van der Waals surface area contributed by atoms with Gasteiger partial charge in [-0.2, -0.15) is 0 Å². The van der Waals surface area contributed by atoms with Gasteiger partial charge in [-0.05, 0) is 47.5 Å². The third kappa shape index (κ3) is 5.06. The van der Waals surface area contributed by atoms with Gasteiger partial charge in [0.05, 0.1) is 11.4 Å². The van der Waals surface area contributed by atoms with Gasteiger partial charge in [0.25, 0.3) is 0 Å². The molecule has 0 amide bonds. The number of rotatable bonds is 6. The lowest BCUT2D eigenvalue weighted by molar-refractivity contribution is 0.462. The average molecular weight is 406 g/mol. The second-order valence-electron chi connectivity index (χ2n) is 7.07. The Morgan fingerprint density at radius 3 is 1.35 bits per heavy atom. The molecule has 152 valence electrons. The van der Waals surface area contributed by atoms with E-state index in [-0.39, 0.29) is 11.5 Å². The first kappa shape index (κ1) is 20.1. The van der Waals surface area contributed by atoms with Crippen LogP contribution in [0.4, 0.5) is 11.4 Å². The average Bonchev–Trinajstić information content (AvgIpc) is 2.81. The zero-order valence-electron chi connectivity index (χ0n) is 16.9. The van der Waals surface area contributed by atoms with Crippen LogP contribution in [-0.2, 0) is 6.42 Å². The number of phenols is 2. The maximum Gasteiger partial charge on any atom is 0.127 e. The Labute approximate surface area is 181 Å². The largest absolute Gasteiger partial charge is 0.507 e. The van der Waals surface area contributed by atoms with E-state index in [9.17, 15) is 10.2 Å². The molecule has 0 heterocycles. The van der Waals surface area contributed by atoms with Crippen LogP contribution in [0, 0.1) is 0 Å². The normalized spacial score (nSPS) is 11.4. The van der Waals surface area contributed by atoms with Crippen molar-refractivity contribution in [2.45, 2.75) is 6.42 Å². The summed E-state index contributed by atoms with van der Waals surface area (Å²) >= 11 is 0. The van der Waals surface area contributed by atoms with Crippen molar-refractivity contribution in [3.63, 3.8) is 0 Å². The topological polar surface area (TPSA) is 65.2 Å². The summed E-state index contributed by atoms with van der Waals surface area (Å²) in [7, 11) is 0. The van der Waals surface area contributed by atoms with Crippen molar-refractivity contribution in [3.05, 3.63) is 119 Å². The molecule has 4 heteroatoms. The Bertz CT molecular complexity index is 1120. The molecule has 4 aromatic carbocycles. The molecule has 0 radical (unpaired) electrons. The quantitative estimate of drug-likeness (QED) is 0.375. The number of hydrogen-bond donors (Lipinski definition) is 2. The van der Waals surface area contributed by atoms with Gasteiger partial charge in [0.1, 0.15) is 11.5 Å². The number of phenolic OH excluding ortho intramolecular Hbond substituents is 2. The molecule has 0 aliphatic heterocycles. The summed E-state index contributed by atoms with van der Waals surface area (Å²) in [6, 6.07) is 30.2. The predicted molar refractivity (Wildman–Crippen MR) is 126 cm³/mol. The van der Waals surface area contributed by atoms with Crippen molar-refractivity contribution in [1.82, 2.24) is 0 Å². The van der Waals surface area contributed by atoms with Crippen LogP contribution in [0.2, 0.25) is 0 Å². The Balaban J connectivity index is 1.57. The number of para-hydroxylation sites is 4. The summed E-state index contributed by atoms with van der Waals surface area (Å²) in [4.78, 5) is 8.84. The molecule has 4 nitrogen and oxygen atoms in total. The molecule has 0 saturated heterocycles. The van der Waals surface area contributed by atoms with Gasteiger partial charge < -0.3 is 10.2 Å². The van der Waals surface area contributed by atoms with E-state index in [1.54, 1.807) is 12.4 Å². The summed E-state index contributed by atoms with van der Waals surface area (Å²) in [6.07, 6.45) is 3.69. The molecule has 4 aromatic rings. The van der Waals surface area contributed by atoms with Crippen molar-refractivity contribution < 1.29 is 10.2 Å². The molecule has 0 fully saturated rings. The molecule has 0 aromatic heterocycles. The van der Waals surface area contributed by atoms with Gasteiger partial charge in [0.15, 0.2) is 0 Å². The van der Waals surface area contributed by atoms with Crippen LogP contribution in [0.3, 0.4) is 0 Å². The van der Waals surface area contributed by atoms with Gasteiger partial charge in [-0.3, -0.25) is 9.98 Å². The second kappa shape index (κ2) is 9.55. The molecule has 31 heavy (non-hydrogen) atoms. The first-order valence-corrected chi connectivity index (χ1v) is 10.0. The molecule has 0 aliphatic carbocycles. The van der Waals surface area contributed by atoms with Crippen LogP contribution >= 0.6 is 0 Å². The third-order valence-corrected chi connectivity index (χ3v) is 4.90. The molecule has 4 rings (SSSR count). The standard InChI is InChI=1S/C27H22N2O2/c30-26-20(9-7-11-22(26)18-28-24-13-3-1-4-14-24)17-21-10-8-12-23(27(21)31)19-29-25-15-5-2-6-16-25/h1-16,18-19,30-31H,17H2. The summed E-state index contributed by atoms with van der Waals surface area (Å²) < 4.78 is 0. The minimum absolute atomic E-state index is 0.157. The van der Waals surface area contributed by atoms with Crippen LogP contribution in [0.5, 0.6) is 11.5 Å². The van der Waals surface area contributed by atoms with Crippen molar-refractivity contribution in [3.8, 4) is 11.5 Å². The van der Waals surface area contributed by atoms with Gasteiger partial charge in [0.2, 0.25) is 0 Å². The zero-order chi connectivity index (χ0) is 21.5. The van der Waals surface area contributed by atoms with E-state index in [4.69, 9.17) is 0 Å². The van der Waals surface area contributed by atoms with Crippen LogP contribution in [0.1, 0.15) is 22.3 Å². The Hall–Kier alpha value is -4.18. The van der Waals surface area contributed by atoms with E-state index in [0.717, 1.165) is 11.4 Å². The van der Waals surface area contributed by atoms with Crippen LogP contribution < -0.4 is 0 Å². The monoisotopic (exact) mass is 406 g/mol. The van der Waals surface area contributed by atoms with Crippen molar-refractivity contribution in [2.75, 3.05) is 0 Å². The number of benzene rings is 4. The predicted octanol–water partition coefficient (Wildman–Crippen LogP) is 6.19. The molecule has 0 unspecified atom stereocenters. The lowest BCUT2D eigenvalue weighted by atomic mass is 9.99. The molecular weight excluding hydrogens is 384 g/mol. The summed E-state index contributed by atoms with van der Waals surface area (Å²) in [5.74, 6) is 0.315. The lowest BCUT2D eigenvalue weighted by Gasteiger charge is -2.10. The van der Waals surface area contributed by atoms with E-state index in [2.05, 4.69) is 9.98 Å². The highest BCUT2D eigenvalue weighted by molar-refractivity contribution is 5.87. The van der Waals surface area contributed by atoms with E-state index in [1.165, 1.54) is 0 Å². The molecule has 0 saturated carbocycles. The zero-order valence-corrected chi connectivity index (χ0v) is 16.9. The number of aromatic hydroxyl groups is 2. The van der Waals surface area contributed by atoms with Crippen LogP contribution in [-0.4, -0.2) is 22.6 Å². The fourth-order valence-electron chi connectivity index (χ4n) is 3.24. The molecule has 0 aliphatic rings. The Kier molecular flexibility index (Phi) is 6.19. The Morgan fingerprint density at radius 1 is 0.516 bits per heavy atom. The smallest absolute Gasteiger partial charge is 0.127 e. The fourth-order valence-corrected chi connectivity index (χ4v) is 3.24. The van der Waals surface area contributed by atoms with Crippen LogP contribution in [0.25, 0.3) is 0 Å². The summed E-state index contributed by atoms with van der Waals surface area (Å²) in [5.41, 5.74) is 4.31. The Morgan fingerprint density at radius 2 is 0.935 bits per heavy atom. The highest BCUT2D eigenvalue weighted by Gasteiger charge is 2.11. The third-order valence-electron chi connectivity index (χ3n) is 4.90. The van der Waals surface area contributed by atoms with Gasteiger partial charge in [0, 0.05) is 30.0 Å². The highest BCUT2D eigenvalue weighted by Crippen LogP contribution is 2.29. The van der Waals surface area contributed by atoms with Gasteiger partial charge in [-0.25, -0.2) is 0 Å². The van der Waals surface area contributed by atoms with Crippen molar-refractivity contribution >= 4 is 23.8 Å². The minimum atomic E-state index is 0.157.